The second-order valence-corrected chi connectivity index (χ2v) is 6.70. The van der Waals surface area contributed by atoms with Crippen LogP contribution in [0.3, 0.4) is 0 Å². The molecule has 0 amide bonds. The number of aromatic nitrogens is 2. The maximum absolute atomic E-state index is 6.27. The minimum atomic E-state index is 0.551. The van der Waals surface area contributed by atoms with Gasteiger partial charge in [-0.25, -0.2) is 4.98 Å². The predicted octanol–water partition coefficient (Wildman–Crippen LogP) is 4.99. The summed E-state index contributed by atoms with van der Waals surface area (Å²) >= 11 is 12.4. The summed E-state index contributed by atoms with van der Waals surface area (Å²) in [4.78, 5) is 7.91. The molecule has 0 saturated heterocycles. The molecule has 1 aromatic heterocycles. The molecular weight excluding hydrogens is 357 g/mol. The van der Waals surface area contributed by atoms with Crippen molar-refractivity contribution in [1.29, 1.82) is 0 Å². The Labute approximate surface area is 157 Å². The number of H-pyrrole nitrogens is 1. The highest BCUT2D eigenvalue weighted by molar-refractivity contribution is 6.35. The zero-order chi connectivity index (χ0) is 17.6. The van der Waals surface area contributed by atoms with Gasteiger partial charge in [0.2, 0.25) is 0 Å². The predicted molar refractivity (Wildman–Crippen MR) is 104 cm³/mol. The quantitative estimate of drug-likeness (QED) is 0.543. The average Bonchev–Trinajstić information content (AvgIpc) is 3.00. The molecule has 0 aliphatic carbocycles. The Morgan fingerprint density at radius 3 is 2.84 bits per heavy atom. The summed E-state index contributed by atoms with van der Waals surface area (Å²) in [5.74, 6) is 1.68. The summed E-state index contributed by atoms with van der Waals surface area (Å²) in [7, 11) is 0. The van der Waals surface area contributed by atoms with Crippen LogP contribution in [-0.2, 0) is 13.0 Å². The fraction of sp³-hybridized carbons (Fsp3) is 0.316. The van der Waals surface area contributed by atoms with Crippen LogP contribution in [0.25, 0.3) is 11.0 Å². The second-order valence-electron chi connectivity index (χ2n) is 5.85. The largest absolute Gasteiger partial charge is 0.492 e. The molecule has 3 aromatic rings. The zero-order valence-corrected chi connectivity index (χ0v) is 15.6. The molecular formula is C19H21Cl2N3O. The normalized spacial score (nSPS) is 11.2. The van der Waals surface area contributed by atoms with E-state index in [1.54, 1.807) is 6.07 Å². The van der Waals surface area contributed by atoms with E-state index in [1.807, 2.05) is 30.3 Å². The molecule has 6 heteroatoms. The third kappa shape index (κ3) is 4.66. The molecule has 0 aliphatic rings. The van der Waals surface area contributed by atoms with Gasteiger partial charge >= 0.3 is 0 Å². The first kappa shape index (κ1) is 18.1. The Kier molecular flexibility index (Phi) is 6.19. The summed E-state index contributed by atoms with van der Waals surface area (Å²) in [6, 6.07) is 11.6. The molecule has 4 nitrogen and oxygen atoms in total. The number of aromatic amines is 1. The van der Waals surface area contributed by atoms with E-state index < -0.39 is 0 Å². The number of hydrogen-bond acceptors (Lipinski definition) is 3. The zero-order valence-electron chi connectivity index (χ0n) is 14.1. The number of imidazole rings is 1. The Morgan fingerprint density at radius 1 is 1.20 bits per heavy atom. The van der Waals surface area contributed by atoms with Crippen LogP contribution < -0.4 is 10.1 Å². The van der Waals surface area contributed by atoms with Crippen LogP contribution in [-0.4, -0.2) is 23.1 Å². The van der Waals surface area contributed by atoms with Gasteiger partial charge in [-0.2, -0.15) is 0 Å². The summed E-state index contributed by atoms with van der Waals surface area (Å²) in [5.41, 5.74) is 3.03. The molecule has 0 unspecified atom stereocenters. The molecule has 0 aliphatic heterocycles. The molecule has 0 radical (unpaired) electrons. The van der Waals surface area contributed by atoms with Crippen molar-refractivity contribution >= 4 is 34.2 Å². The monoisotopic (exact) mass is 377 g/mol. The molecule has 2 N–H and O–H groups in total. The van der Waals surface area contributed by atoms with Crippen LogP contribution in [0.4, 0.5) is 0 Å². The SMILES string of the molecule is CCCOc1c(Cl)cc(Cl)cc1CNCCc1nc2ccccc2[nH]1. The molecule has 132 valence electrons. The minimum absolute atomic E-state index is 0.551. The topological polar surface area (TPSA) is 49.9 Å². The summed E-state index contributed by atoms with van der Waals surface area (Å²) in [6.07, 6.45) is 1.74. The maximum atomic E-state index is 6.27. The molecule has 0 saturated carbocycles. The number of rotatable bonds is 8. The Hall–Kier alpha value is -1.75. The number of ether oxygens (including phenoxy) is 1. The van der Waals surface area contributed by atoms with Gasteiger partial charge < -0.3 is 15.0 Å². The smallest absolute Gasteiger partial charge is 0.142 e. The van der Waals surface area contributed by atoms with Crippen molar-refractivity contribution in [2.45, 2.75) is 26.3 Å². The summed E-state index contributed by atoms with van der Waals surface area (Å²) in [6.45, 7) is 4.12. The van der Waals surface area contributed by atoms with E-state index in [0.29, 0.717) is 28.9 Å². The van der Waals surface area contributed by atoms with E-state index in [2.05, 4.69) is 22.2 Å². The number of benzene rings is 2. The minimum Gasteiger partial charge on any atom is -0.492 e. The Morgan fingerprint density at radius 2 is 2.04 bits per heavy atom. The third-order valence-electron chi connectivity index (χ3n) is 3.83. The molecule has 25 heavy (non-hydrogen) atoms. The lowest BCUT2D eigenvalue weighted by Gasteiger charge is -2.14. The van der Waals surface area contributed by atoms with Gasteiger partial charge in [-0.15, -0.1) is 0 Å². The molecule has 0 atom stereocenters. The molecule has 0 spiro atoms. The average molecular weight is 378 g/mol. The van der Waals surface area contributed by atoms with Crippen molar-refractivity contribution in [3.05, 3.63) is 57.8 Å². The fourth-order valence-corrected chi connectivity index (χ4v) is 3.25. The van der Waals surface area contributed by atoms with Crippen molar-refractivity contribution < 1.29 is 4.74 Å². The molecule has 1 heterocycles. The van der Waals surface area contributed by atoms with E-state index in [0.717, 1.165) is 41.8 Å². The van der Waals surface area contributed by atoms with Crippen molar-refractivity contribution in [3.63, 3.8) is 0 Å². The number of fused-ring (bicyclic) bond motifs is 1. The van der Waals surface area contributed by atoms with Gasteiger partial charge in [-0.3, -0.25) is 0 Å². The Balaban J connectivity index is 1.59. The van der Waals surface area contributed by atoms with E-state index in [9.17, 15) is 0 Å². The first-order valence-corrected chi connectivity index (χ1v) is 9.18. The number of nitrogens with one attached hydrogen (secondary N) is 2. The van der Waals surface area contributed by atoms with E-state index >= 15 is 0 Å². The first-order valence-electron chi connectivity index (χ1n) is 8.42. The van der Waals surface area contributed by atoms with E-state index in [1.165, 1.54) is 0 Å². The van der Waals surface area contributed by atoms with Crippen molar-refractivity contribution in [1.82, 2.24) is 15.3 Å². The number of halogens is 2. The lowest BCUT2D eigenvalue weighted by Crippen LogP contribution is -2.18. The van der Waals surface area contributed by atoms with Gasteiger partial charge in [-0.05, 0) is 30.7 Å². The highest BCUT2D eigenvalue weighted by atomic mass is 35.5. The van der Waals surface area contributed by atoms with Gasteiger partial charge in [0.15, 0.2) is 0 Å². The van der Waals surface area contributed by atoms with Crippen molar-refractivity contribution in [2.24, 2.45) is 0 Å². The van der Waals surface area contributed by atoms with Crippen LogP contribution in [0.15, 0.2) is 36.4 Å². The Bertz CT molecular complexity index is 815. The summed E-state index contributed by atoms with van der Waals surface area (Å²) in [5, 5.41) is 4.57. The van der Waals surface area contributed by atoms with Gasteiger partial charge in [0.1, 0.15) is 11.6 Å². The van der Waals surface area contributed by atoms with Gasteiger partial charge in [0, 0.05) is 30.1 Å². The number of hydrogen-bond donors (Lipinski definition) is 2. The second kappa shape index (κ2) is 8.56. The highest BCUT2D eigenvalue weighted by Crippen LogP contribution is 2.32. The number of para-hydroxylation sites is 2. The van der Waals surface area contributed by atoms with Gasteiger partial charge in [-0.1, -0.05) is 42.3 Å². The molecule has 2 aromatic carbocycles. The van der Waals surface area contributed by atoms with Crippen LogP contribution >= 0.6 is 23.2 Å². The van der Waals surface area contributed by atoms with Gasteiger partial charge in [0.05, 0.1) is 22.7 Å². The van der Waals surface area contributed by atoms with Crippen LogP contribution in [0.2, 0.25) is 10.0 Å². The molecule has 0 fully saturated rings. The standard InChI is InChI=1S/C19H21Cl2N3O/c1-2-9-25-19-13(10-14(20)11-15(19)21)12-22-8-7-18-23-16-5-3-4-6-17(16)24-18/h3-6,10-11,22H,2,7-9,12H2,1H3,(H,23,24). The van der Waals surface area contributed by atoms with Crippen LogP contribution in [0, 0.1) is 0 Å². The summed E-state index contributed by atoms with van der Waals surface area (Å²) < 4.78 is 5.78. The van der Waals surface area contributed by atoms with Crippen molar-refractivity contribution in [3.8, 4) is 5.75 Å². The van der Waals surface area contributed by atoms with Gasteiger partial charge in [0.25, 0.3) is 0 Å². The maximum Gasteiger partial charge on any atom is 0.142 e. The molecule has 0 bridgehead atoms. The molecule has 3 rings (SSSR count). The number of nitrogens with zero attached hydrogens (tertiary/aromatic N) is 1. The lowest BCUT2D eigenvalue weighted by molar-refractivity contribution is 0.313. The third-order valence-corrected chi connectivity index (χ3v) is 4.33. The van der Waals surface area contributed by atoms with E-state index in [-0.39, 0.29) is 0 Å². The van der Waals surface area contributed by atoms with Crippen molar-refractivity contribution in [2.75, 3.05) is 13.2 Å². The first-order chi connectivity index (χ1) is 12.2. The fourth-order valence-electron chi connectivity index (χ4n) is 2.66. The van der Waals surface area contributed by atoms with E-state index in [4.69, 9.17) is 27.9 Å². The van der Waals surface area contributed by atoms with Crippen LogP contribution in [0.1, 0.15) is 24.7 Å². The van der Waals surface area contributed by atoms with Crippen LogP contribution in [0.5, 0.6) is 5.75 Å². The highest BCUT2D eigenvalue weighted by Gasteiger charge is 2.11. The lowest BCUT2D eigenvalue weighted by atomic mass is 10.2.